The smallest absolute Gasteiger partial charge is 0.356 e. The molecule has 0 saturated heterocycles. The summed E-state index contributed by atoms with van der Waals surface area (Å²) in [6.07, 6.45) is 3.31. The normalized spacial score (nSPS) is 10.8. The average Bonchev–Trinajstić information content (AvgIpc) is 2.65. The molecule has 0 atom stereocenters. The van der Waals surface area contributed by atoms with Gasteiger partial charge in [0.2, 0.25) is 0 Å². The van der Waals surface area contributed by atoms with E-state index in [0.717, 1.165) is 12.2 Å². The van der Waals surface area contributed by atoms with Crippen LogP contribution in [0.2, 0.25) is 0 Å². The number of aromatic nitrogens is 2. The van der Waals surface area contributed by atoms with Gasteiger partial charge in [0.05, 0.1) is 5.52 Å². The molecule has 0 aliphatic rings. The first-order valence-electron chi connectivity index (χ1n) is 5.13. The van der Waals surface area contributed by atoms with Gasteiger partial charge in [-0.15, -0.1) is 0 Å². The van der Waals surface area contributed by atoms with E-state index in [0.29, 0.717) is 18.5 Å². The van der Waals surface area contributed by atoms with Gasteiger partial charge in [0.1, 0.15) is 5.82 Å². The lowest BCUT2D eigenvalue weighted by Crippen LogP contribution is -2.03. The van der Waals surface area contributed by atoms with Gasteiger partial charge in [-0.25, -0.2) is 9.78 Å². The van der Waals surface area contributed by atoms with Crippen LogP contribution in [0.5, 0.6) is 0 Å². The zero-order valence-corrected chi connectivity index (χ0v) is 8.76. The molecule has 0 radical (unpaired) electrons. The topological polar surface area (TPSA) is 80.6 Å². The molecule has 2 aromatic heterocycles. The maximum absolute atomic E-state index is 11.0. The minimum atomic E-state index is -0.998. The van der Waals surface area contributed by atoms with E-state index >= 15 is 0 Å². The van der Waals surface area contributed by atoms with Gasteiger partial charge in [0.25, 0.3) is 0 Å². The molecule has 3 N–H and O–H groups in total. The number of fused-ring (bicyclic) bond motifs is 1. The van der Waals surface area contributed by atoms with Gasteiger partial charge in [-0.1, -0.05) is 6.07 Å². The molecule has 5 nitrogen and oxygen atoms in total. The molecule has 5 heteroatoms. The largest absolute Gasteiger partial charge is 0.476 e. The molecule has 2 rings (SSSR count). The van der Waals surface area contributed by atoms with Gasteiger partial charge >= 0.3 is 5.97 Å². The Kier molecular flexibility index (Phi) is 2.87. The summed E-state index contributed by atoms with van der Waals surface area (Å²) in [6.45, 7) is 0.574. The second kappa shape index (κ2) is 4.32. The van der Waals surface area contributed by atoms with Crippen LogP contribution in [0.1, 0.15) is 22.7 Å². The Balaban J connectivity index is 2.53. The number of carbonyl (C=O) groups is 1. The third-order valence-electron chi connectivity index (χ3n) is 2.43. The minimum absolute atomic E-state index is 0.104. The highest BCUT2D eigenvalue weighted by atomic mass is 16.4. The van der Waals surface area contributed by atoms with Crippen molar-refractivity contribution < 1.29 is 9.90 Å². The number of aryl methyl sites for hydroxylation is 1. The molecule has 2 aromatic rings. The number of carboxylic acid groups (broad SMARTS) is 1. The van der Waals surface area contributed by atoms with Crippen LogP contribution in [0.4, 0.5) is 0 Å². The van der Waals surface area contributed by atoms with Crippen molar-refractivity contribution in [2.24, 2.45) is 5.73 Å². The standard InChI is InChI=1S/C11H13N3O2/c12-6-3-5-9-13-10(11(15)16)8-4-1-2-7-14(8)9/h1-2,4,7H,3,5-6,12H2,(H,15,16). The van der Waals surface area contributed by atoms with E-state index in [4.69, 9.17) is 10.8 Å². The van der Waals surface area contributed by atoms with Crippen molar-refractivity contribution in [1.82, 2.24) is 9.38 Å². The Morgan fingerprint density at radius 1 is 1.50 bits per heavy atom. The quantitative estimate of drug-likeness (QED) is 0.801. The number of pyridine rings is 1. The van der Waals surface area contributed by atoms with E-state index in [1.165, 1.54) is 0 Å². The summed E-state index contributed by atoms with van der Waals surface area (Å²) >= 11 is 0. The monoisotopic (exact) mass is 219 g/mol. The van der Waals surface area contributed by atoms with Gasteiger partial charge in [0, 0.05) is 12.6 Å². The SMILES string of the molecule is NCCCc1nc(C(=O)O)c2ccccn12. The minimum Gasteiger partial charge on any atom is -0.476 e. The van der Waals surface area contributed by atoms with E-state index in [-0.39, 0.29) is 5.69 Å². The highest BCUT2D eigenvalue weighted by molar-refractivity contribution is 5.93. The lowest BCUT2D eigenvalue weighted by molar-refractivity contribution is 0.0693. The van der Waals surface area contributed by atoms with Crippen LogP contribution in [0, 0.1) is 0 Å². The summed E-state index contributed by atoms with van der Waals surface area (Å²) in [6, 6.07) is 5.41. The fourth-order valence-electron chi connectivity index (χ4n) is 1.70. The zero-order valence-electron chi connectivity index (χ0n) is 8.76. The summed E-state index contributed by atoms with van der Waals surface area (Å²) in [5, 5.41) is 9.02. The van der Waals surface area contributed by atoms with E-state index in [1.807, 2.05) is 12.3 Å². The molecule has 0 aromatic carbocycles. The van der Waals surface area contributed by atoms with Crippen LogP contribution in [0.15, 0.2) is 24.4 Å². The van der Waals surface area contributed by atoms with Crippen molar-refractivity contribution in [3.8, 4) is 0 Å². The van der Waals surface area contributed by atoms with Crippen molar-refractivity contribution in [3.63, 3.8) is 0 Å². The lowest BCUT2D eigenvalue weighted by atomic mass is 10.3. The number of nitrogens with zero attached hydrogens (tertiary/aromatic N) is 2. The second-order valence-corrected chi connectivity index (χ2v) is 3.53. The molecule has 0 amide bonds. The van der Waals surface area contributed by atoms with Gasteiger partial charge < -0.3 is 15.2 Å². The summed E-state index contributed by atoms with van der Waals surface area (Å²) in [7, 11) is 0. The summed E-state index contributed by atoms with van der Waals surface area (Å²) in [5.41, 5.74) is 6.16. The first kappa shape index (κ1) is 10.6. The van der Waals surface area contributed by atoms with Gasteiger partial charge in [-0.3, -0.25) is 0 Å². The fraction of sp³-hybridized carbons (Fsp3) is 0.273. The number of hydrogen-bond acceptors (Lipinski definition) is 3. The zero-order chi connectivity index (χ0) is 11.5. The van der Waals surface area contributed by atoms with E-state index in [2.05, 4.69) is 4.98 Å². The number of hydrogen-bond donors (Lipinski definition) is 2. The molecule has 0 fully saturated rings. The van der Waals surface area contributed by atoms with Crippen LogP contribution in [0.3, 0.4) is 0 Å². The van der Waals surface area contributed by atoms with Crippen molar-refractivity contribution in [1.29, 1.82) is 0 Å². The van der Waals surface area contributed by atoms with Crippen molar-refractivity contribution in [3.05, 3.63) is 35.9 Å². The molecular formula is C11H13N3O2. The number of rotatable bonds is 4. The molecule has 0 unspecified atom stereocenters. The van der Waals surface area contributed by atoms with Crippen LogP contribution >= 0.6 is 0 Å². The van der Waals surface area contributed by atoms with Crippen LogP contribution in [-0.2, 0) is 6.42 Å². The Morgan fingerprint density at radius 3 is 3.00 bits per heavy atom. The number of carboxylic acids is 1. The molecule has 2 heterocycles. The Bertz CT molecular complexity index is 519. The second-order valence-electron chi connectivity index (χ2n) is 3.53. The molecule has 0 spiro atoms. The Morgan fingerprint density at radius 2 is 2.31 bits per heavy atom. The maximum atomic E-state index is 11.0. The molecule has 16 heavy (non-hydrogen) atoms. The number of nitrogens with two attached hydrogens (primary N) is 1. The van der Waals surface area contributed by atoms with E-state index < -0.39 is 5.97 Å². The third-order valence-corrected chi connectivity index (χ3v) is 2.43. The van der Waals surface area contributed by atoms with Gasteiger partial charge in [0.15, 0.2) is 5.69 Å². The Labute approximate surface area is 92.5 Å². The van der Waals surface area contributed by atoms with Crippen LogP contribution in [0.25, 0.3) is 5.52 Å². The number of aromatic carboxylic acids is 1. The third kappa shape index (κ3) is 1.77. The maximum Gasteiger partial charge on any atom is 0.356 e. The molecule has 0 aliphatic heterocycles. The van der Waals surface area contributed by atoms with Crippen molar-refractivity contribution in [2.45, 2.75) is 12.8 Å². The van der Waals surface area contributed by atoms with Crippen LogP contribution < -0.4 is 5.73 Å². The van der Waals surface area contributed by atoms with Crippen LogP contribution in [-0.4, -0.2) is 27.0 Å². The van der Waals surface area contributed by atoms with Crippen molar-refractivity contribution in [2.75, 3.05) is 6.54 Å². The molecule has 84 valence electrons. The fourth-order valence-corrected chi connectivity index (χ4v) is 1.70. The first-order valence-corrected chi connectivity index (χ1v) is 5.13. The average molecular weight is 219 g/mol. The molecule has 0 bridgehead atoms. The summed E-state index contributed by atoms with van der Waals surface area (Å²) < 4.78 is 1.80. The van der Waals surface area contributed by atoms with Gasteiger partial charge in [-0.05, 0) is 25.1 Å². The Hall–Kier alpha value is -1.88. The molecule has 0 aliphatic carbocycles. The van der Waals surface area contributed by atoms with E-state index in [9.17, 15) is 4.79 Å². The number of imidazole rings is 1. The summed E-state index contributed by atoms with van der Waals surface area (Å²) in [4.78, 5) is 15.1. The summed E-state index contributed by atoms with van der Waals surface area (Å²) in [5.74, 6) is -0.249. The molecular weight excluding hydrogens is 206 g/mol. The predicted octanol–water partition coefficient (Wildman–Crippen LogP) is 0.924. The highest BCUT2D eigenvalue weighted by Gasteiger charge is 2.15. The molecule has 0 saturated carbocycles. The highest BCUT2D eigenvalue weighted by Crippen LogP contribution is 2.14. The predicted molar refractivity (Wildman–Crippen MR) is 59.5 cm³/mol. The first-order chi connectivity index (χ1) is 7.74. The lowest BCUT2D eigenvalue weighted by Gasteiger charge is -1.98. The van der Waals surface area contributed by atoms with Gasteiger partial charge in [-0.2, -0.15) is 0 Å². The van der Waals surface area contributed by atoms with Crippen molar-refractivity contribution >= 4 is 11.5 Å². The van der Waals surface area contributed by atoms with E-state index in [1.54, 1.807) is 16.5 Å².